The number of anilines is 1. The van der Waals surface area contributed by atoms with Crippen LogP contribution in [0.1, 0.15) is 12.8 Å². The fraction of sp³-hybridized carbons (Fsp3) is 0.438. The zero-order chi connectivity index (χ0) is 16.5. The third-order valence-corrected chi connectivity index (χ3v) is 5.41. The minimum atomic E-state index is -0.276. The summed E-state index contributed by atoms with van der Waals surface area (Å²) in [7, 11) is 0. The van der Waals surface area contributed by atoms with E-state index < -0.39 is 0 Å². The molecule has 0 aliphatic carbocycles. The number of aromatic amines is 1. The fourth-order valence-electron chi connectivity index (χ4n) is 3.09. The van der Waals surface area contributed by atoms with Gasteiger partial charge in [0.1, 0.15) is 17.8 Å². The molecule has 126 valence electrons. The number of hydrogen-bond acceptors (Lipinski definition) is 6. The Kier molecular flexibility index (Phi) is 4.15. The fourth-order valence-corrected chi connectivity index (χ4v) is 4.06. The molecule has 1 saturated heterocycles. The van der Waals surface area contributed by atoms with Crippen LogP contribution in [0.2, 0.25) is 0 Å². The Balaban J connectivity index is 1.59. The van der Waals surface area contributed by atoms with E-state index in [1.807, 2.05) is 28.3 Å². The highest BCUT2D eigenvalue weighted by atomic mass is 32.2. The largest absolute Gasteiger partial charge is 0.393 e. The molecule has 8 heteroatoms. The molecule has 2 aliphatic rings. The number of thioether (sulfide) groups is 1. The Hall–Kier alpha value is -2.06. The quantitative estimate of drug-likeness (QED) is 0.854. The molecule has 0 saturated carbocycles. The van der Waals surface area contributed by atoms with Crippen LogP contribution in [0, 0.1) is 0 Å². The Morgan fingerprint density at radius 1 is 1.29 bits per heavy atom. The third kappa shape index (κ3) is 2.87. The summed E-state index contributed by atoms with van der Waals surface area (Å²) >= 11 is 1.59. The van der Waals surface area contributed by atoms with Crippen molar-refractivity contribution in [1.82, 2.24) is 19.9 Å². The molecule has 0 unspecified atom stereocenters. The number of fused-ring (bicyclic) bond motifs is 1. The van der Waals surface area contributed by atoms with Gasteiger partial charge in [-0.15, -0.1) is 11.8 Å². The first-order valence-electron chi connectivity index (χ1n) is 8.09. The van der Waals surface area contributed by atoms with E-state index in [1.54, 1.807) is 11.8 Å². The van der Waals surface area contributed by atoms with Crippen molar-refractivity contribution >= 4 is 34.5 Å². The van der Waals surface area contributed by atoms with Gasteiger partial charge in [0.05, 0.1) is 16.4 Å². The van der Waals surface area contributed by atoms with Gasteiger partial charge < -0.3 is 19.9 Å². The first kappa shape index (κ1) is 15.5. The van der Waals surface area contributed by atoms with Crippen LogP contribution in [0.3, 0.4) is 0 Å². The van der Waals surface area contributed by atoms with Gasteiger partial charge in [-0.05, 0) is 18.9 Å². The summed E-state index contributed by atoms with van der Waals surface area (Å²) in [6.07, 6.45) is 6.32. The predicted octanol–water partition coefficient (Wildman–Crippen LogP) is 1.34. The zero-order valence-electron chi connectivity index (χ0n) is 13.2. The topological polar surface area (TPSA) is 85.4 Å². The van der Waals surface area contributed by atoms with E-state index in [4.69, 9.17) is 0 Å². The molecule has 2 aromatic heterocycles. The van der Waals surface area contributed by atoms with Crippen LogP contribution in [0.15, 0.2) is 29.7 Å². The summed E-state index contributed by atoms with van der Waals surface area (Å²) in [4.78, 5) is 29.0. The van der Waals surface area contributed by atoms with Gasteiger partial charge in [-0.25, -0.2) is 9.97 Å². The van der Waals surface area contributed by atoms with Gasteiger partial charge >= 0.3 is 0 Å². The molecule has 0 bridgehead atoms. The van der Waals surface area contributed by atoms with Crippen LogP contribution in [0.5, 0.6) is 0 Å². The molecule has 1 fully saturated rings. The monoisotopic (exact) mass is 345 g/mol. The molecular formula is C16H19N5O2S. The molecule has 24 heavy (non-hydrogen) atoms. The minimum absolute atomic E-state index is 0.0518. The van der Waals surface area contributed by atoms with Crippen molar-refractivity contribution < 1.29 is 9.90 Å². The summed E-state index contributed by atoms with van der Waals surface area (Å²) in [5.74, 6) is 1.71. The van der Waals surface area contributed by atoms with Gasteiger partial charge in [-0.2, -0.15) is 0 Å². The van der Waals surface area contributed by atoms with Crippen LogP contribution < -0.4 is 4.90 Å². The number of rotatable bonds is 2. The normalized spacial score (nSPS) is 19.6. The molecule has 0 atom stereocenters. The molecule has 2 N–H and O–H groups in total. The molecule has 0 spiro atoms. The van der Waals surface area contributed by atoms with Crippen molar-refractivity contribution in [1.29, 1.82) is 0 Å². The van der Waals surface area contributed by atoms with Gasteiger partial charge in [0.2, 0.25) is 0 Å². The van der Waals surface area contributed by atoms with Crippen LogP contribution >= 0.6 is 11.8 Å². The van der Waals surface area contributed by atoms with Crippen molar-refractivity contribution in [2.45, 2.75) is 18.9 Å². The molecule has 4 rings (SSSR count). The lowest BCUT2D eigenvalue weighted by Gasteiger charge is -2.32. The number of carbonyl (C=O) groups excluding carboxylic acids is 1. The van der Waals surface area contributed by atoms with E-state index >= 15 is 0 Å². The first-order valence-corrected chi connectivity index (χ1v) is 9.07. The highest BCUT2D eigenvalue weighted by Crippen LogP contribution is 2.30. The van der Waals surface area contributed by atoms with E-state index in [9.17, 15) is 9.90 Å². The molecule has 2 aliphatic heterocycles. The molecule has 2 aromatic rings. The second-order valence-corrected chi connectivity index (χ2v) is 7.13. The number of nitrogens with one attached hydrogen (secondary N) is 1. The van der Waals surface area contributed by atoms with E-state index in [1.165, 1.54) is 6.33 Å². The molecule has 0 radical (unpaired) electrons. The van der Waals surface area contributed by atoms with Gasteiger partial charge in [0, 0.05) is 37.8 Å². The van der Waals surface area contributed by atoms with Crippen LogP contribution in [0.4, 0.5) is 5.82 Å². The number of nitrogens with zero attached hydrogens (tertiary/aromatic N) is 4. The van der Waals surface area contributed by atoms with Crippen molar-refractivity contribution in [3.63, 3.8) is 0 Å². The number of aromatic nitrogens is 3. The second-order valence-electron chi connectivity index (χ2n) is 6.00. The van der Waals surface area contributed by atoms with E-state index in [-0.39, 0.29) is 12.0 Å². The first-order chi connectivity index (χ1) is 11.7. The summed E-state index contributed by atoms with van der Waals surface area (Å²) in [5, 5.41) is 10.6. The highest BCUT2D eigenvalue weighted by Gasteiger charge is 2.27. The van der Waals surface area contributed by atoms with Gasteiger partial charge in [-0.1, -0.05) is 0 Å². The second kappa shape index (κ2) is 6.45. The summed E-state index contributed by atoms with van der Waals surface area (Å²) in [5.41, 5.74) is 0.796. The third-order valence-electron chi connectivity index (χ3n) is 4.43. The highest BCUT2D eigenvalue weighted by molar-refractivity contribution is 8.04. The Bertz CT molecular complexity index is 782. The number of amides is 1. The molecule has 0 aromatic carbocycles. The van der Waals surface area contributed by atoms with Crippen LogP contribution in [0.25, 0.3) is 11.0 Å². The maximum atomic E-state index is 12.7. The Morgan fingerprint density at radius 2 is 2.12 bits per heavy atom. The molecular weight excluding hydrogens is 326 g/mol. The number of H-pyrrole nitrogens is 1. The van der Waals surface area contributed by atoms with Crippen LogP contribution in [-0.2, 0) is 4.79 Å². The summed E-state index contributed by atoms with van der Waals surface area (Å²) in [6.45, 7) is 2.04. The van der Waals surface area contributed by atoms with Gasteiger partial charge in [0.15, 0.2) is 0 Å². The van der Waals surface area contributed by atoms with Crippen molar-refractivity contribution in [2.75, 3.05) is 30.3 Å². The maximum Gasteiger partial charge on any atom is 0.261 e. The summed E-state index contributed by atoms with van der Waals surface area (Å²) < 4.78 is 0. The van der Waals surface area contributed by atoms with Gasteiger partial charge in [-0.3, -0.25) is 4.79 Å². The Labute approximate surface area is 143 Å². The SMILES string of the molecule is O=C(C1=CN(c2ncnc3[nH]ccc23)CCS1)N1CCC(O)CC1. The summed E-state index contributed by atoms with van der Waals surface area (Å²) in [6, 6.07) is 1.95. The number of likely N-dealkylation sites (tertiary alicyclic amines) is 1. The van der Waals surface area contributed by atoms with Crippen LogP contribution in [-0.4, -0.2) is 62.4 Å². The molecule has 4 heterocycles. The van der Waals surface area contributed by atoms with Crippen molar-refractivity contribution in [2.24, 2.45) is 0 Å². The molecule has 1 amide bonds. The predicted molar refractivity (Wildman–Crippen MR) is 93.6 cm³/mol. The maximum absolute atomic E-state index is 12.7. The lowest BCUT2D eigenvalue weighted by molar-refractivity contribution is -0.128. The number of aliphatic hydroxyl groups is 1. The standard InChI is InChI=1S/C16H19N5O2S/c22-11-2-5-20(6-3-11)16(23)13-9-21(7-8-24-13)15-12-1-4-17-14(12)18-10-19-15/h1,4,9-11,22H,2-3,5-8H2,(H,17,18,19). The minimum Gasteiger partial charge on any atom is -0.393 e. The van der Waals surface area contributed by atoms with Crippen molar-refractivity contribution in [3.8, 4) is 0 Å². The van der Waals surface area contributed by atoms with E-state index in [0.717, 1.165) is 34.1 Å². The number of carbonyl (C=O) groups is 1. The van der Waals surface area contributed by atoms with E-state index in [0.29, 0.717) is 25.9 Å². The lowest BCUT2D eigenvalue weighted by atomic mass is 10.1. The lowest BCUT2D eigenvalue weighted by Crippen LogP contribution is -2.41. The van der Waals surface area contributed by atoms with Crippen molar-refractivity contribution in [3.05, 3.63) is 29.7 Å². The van der Waals surface area contributed by atoms with E-state index in [2.05, 4.69) is 15.0 Å². The average Bonchev–Trinajstić information content (AvgIpc) is 3.10. The molecule has 7 nitrogen and oxygen atoms in total. The Morgan fingerprint density at radius 3 is 2.96 bits per heavy atom. The number of piperidine rings is 1. The smallest absolute Gasteiger partial charge is 0.261 e. The number of aliphatic hydroxyl groups excluding tert-OH is 1. The van der Waals surface area contributed by atoms with Gasteiger partial charge in [0.25, 0.3) is 5.91 Å². The average molecular weight is 345 g/mol. The zero-order valence-corrected chi connectivity index (χ0v) is 14.0. The number of hydrogen-bond donors (Lipinski definition) is 2.